The van der Waals surface area contributed by atoms with Crippen LogP contribution >= 0.6 is 0 Å². The number of phenols is 1. The van der Waals surface area contributed by atoms with E-state index in [0.29, 0.717) is 23.4 Å². The quantitative estimate of drug-likeness (QED) is 0.282. The van der Waals surface area contributed by atoms with Gasteiger partial charge in [0.05, 0.1) is 41.5 Å². The molecular formula is C31H27NO6. The molecule has 5 atom stereocenters. The lowest BCUT2D eigenvalue weighted by atomic mass is 9.67. The van der Waals surface area contributed by atoms with E-state index >= 15 is 0 Å². The molecule has 2 aromatic rings. The minimum atomic E-state index is -1.16. The monoisotopic (exact) mass is 509 g/mol. The number of aliphatic hydroxyl groups excluding tert-OH is 1. The first-order valence-electron chi connectivity index (χ1n) is 12.7. The van der Waals surface area contributed by atoms with Gasteiger partial charge in [0, 0.05) is 11.1 Å². The third kappa shape index (κ3) is 2.73. The molecule has 0 aromatic heterocycles. The fraction of sp³-hybridized carbons (Fsp3) is 0.355. The van der Waals surface area contributed by atoms with Gasteiger partial charge in [-0.1, -0.05) is 30.6 Å². The topological polar surface area (TPSA) is 108 Å². The maximum absolute atomic E-state index is 14.2. The van der Waals surface area contributed by atoms with E-state index in [-0.39, 0.29) is 28.0 Å². The third-order valence-electron chi connectivity index (χ3n) is 8.39. The number of carbonyl (C=O) groups excluding carboxylic acids is 2. The molecule has 7 heteroatoms. The zero-order valence-electron chi connectivity index (χ0n) is 21.8. The maximum Gasteiger partial charge on any atom is 0.202 e. The Hall–Kier alpha value is -4.04. The van der Waals surface area contributed by atoms with Crippen molar-refractivity contribution < 1.29 is 29.3 Å². The zero-order valence-corrected chi connectivity index (χ0v) is 21.8. The summed E-state index contributed by atoms with van der Waals surface area (Å²) >= 11 is 0. The summed E-state index contributed by atoms with van der Waals surface area (Å²) in [5, 5.41) is 25.6. The number of ketones is 2. The highest BCUT2D eigenvalue weighted by Gasteiger charge is 2.81. The molecule has 1 fully saturated rings. The van der Waals surface area contributed by atoms with Crippen molar-refractivity contribution in [2.45, 2.75) is 57.5 Å². The Morgan fingerprint density at radius 2 is 1.84 bits per heavy atom. The number of rotatable bonds is 3. The summed E-state index contributed by atoms with van der Waals surface area (Å²) in [4.78, 5) is 28.1. The number of methoxy groups -OCH3 is 1. The van der Waals surface area contributed by atoms with Crippen LogP contribution in [0.2, 0.25) is 0 Å². The molecule has 2 bridgehead atoms. The van der Waals surface area contributed by atoms with Crippen molar-refractivity contribution in [2.24, 2.45) is 5.92 Å². The molecule has 0 saturated carbocycles. The minimum Gasteiger partial charge on any atom is -0.507 e. The molecule has 192 valence electrons. The SMILES string of the molecule is CCc1c(C)cc2c(c1OC)C(=O)c1c(O)cc3c(c1C2=O)N[C@H]1C#C/C=C\C#C[C@H](C)[C@@]32O[C@@]12[C@@H](C)O. The van der Waals surface area contributed by atoms with Crippen LogP contribution in [0.1, 0.15) is 69.3 Å². The van der Waals surface area contributed by atoms with Gasteiger partial charge in [-0.3, -0.25) is 9.59 Å². The smallest absolute Gasteiger partial charge is 0.202 e. The summed E-state index contributed by atoms with van der Waals surface area (Å²) in [7, 11) is 1.48. The van der Waals surface area contributed by atoms with E-state index in [0.717, 1.165) is 11.1 Å². The van der Waals surface area contributed by atoms with Crippen LogP contribution in [-0.4, -0.2) is 46.6 Å². The summed E-state index contributed by atoms with van der Waals surface area (Å²) in [6, 6.07) is 2.47. The van der Waals surface area contributed by atoms with Gasteiger partial charge in [0.25, 0.3) is 0 Å². The van der Waals surface area contributed by atoms with Crippen LogP contribution in [0.3, 0.4) is 0 Å². The lowest BCUT2D eigenvalue weighted by Crippen LogP contribution is -2.53. The molecular weight excluding hydrogens is 482 g/mol. The van der Waals surface area contributed by atoms with Gasteiger partial charge < -0.3 is 25.0 Å². The second-order valence-corrected chi connectivity index (χ2v) is 10.2. The van der Waals surface area contributed by atoms with Crippen LogP contribution in [0.15, 0.2) is 24.3 Å². The van der Waals surface area contributed by atoms with Gasteiger partial charge in [0.2, 0.25) is 5.78 Å². The van der Waals surface area contributed by atoms with Crippen molar-refractivity contribution in [1.29, 1.82) is 0 Å². The number of aromatic hydroxyl groups is 1. The van der Waals surface area contributed by atoms with Crippen LogP contribution in [0.5, 0.6) is 11.5 Å². The Balaban J connectivity index is 1.67. The van der Waals surface area contributed by atoms with Gasteiger partial charge in [-0.2, -0.15) is 0 Å². The molecule has 2 aliphatic carbocycles. The van der Waals surface area contributed by atoms with Crippen LogP contribution in [-0.2, 0) is 16.8 Å². The summed E-state index contributed by atoms with van der Waals surface area (Å²) in [5.74, 6) is 10.9. The van der Waals surface area contributed by atoms with Crippen LogP contribution < -0.4 is 10.1 Å². The molecule has 2 aromatic carbocycles. The molecule has 0 amide bonds. The number of carbonyl (C=O) groups is 2. The first-order valence-corrected chi connectivity index (χ1v) is 12.7. The van der Waals surface area contributed by atoms with Gasteiger partial charge in [-0.05, 0) is 62.6 Å². The maximum atomic E-state index is 14.2. The summed E-state index contributed by atoms with van der Waals surface area (Å²) < 4.78 is 12.1. The molecule has 2 aliphatic heterocycles. The molecule has 1 saturated heterocycles. The number of aliphatic hydroxyl groups is 1. The molecule has 6 rings (SSSR count). The van der Waals surface area contributed by atoms with E-state index in [2.05, 4.69) is 29.0 Å². The van der Waals surface area contributed by atoms with E-state index in [9.17, 15) is 19.8 Å². The van der Waals surface area contributed by atoms with Crippen molar-refractivity contribution in [1.82, 2.24) is 0 Å². The van der Waals surface area contributed by atoms with Crippen molar-refractivity contribution in [3.8, 4) is 35.2 Å². The van der Waals surface area contributed by atoms with Crippen molar-refractivity contribution in [2.75, 3.05) is 12.4 Å². The fourth-order valence-corrected chi connectivity index (χ4v) is 6.69. The number of nitrogens with one attached hydrogen (secondary N) is 1. The second kappa shape index (κ2) is 7.98. The number of hydrogen-bond acceptors (Lipinski definition) is 7. The number of benzene rings is 2. The summed E-state index contributed by atoms with van der Waals surface area (Å²) in [6.45, 7) is 7.35. The molecule has 0 unspecified atom stereocenters. The number of allylic oxidation sites excluding steroid dienone is 2. The summed E-state index contributed by atoms with van der Waals surface area (Å²) in [5.41, 5.74) is 0.549. The average molecular weight is 510 g/mol. The molecule has 7 nitrogen and oxygen atoms in total. The Bertz CT molecular complexity index is 1630. The Morgan fingerprint density at radius 1 is 1.13 bits per heavy atom. The summed E-state index contributed by atoms with van der Waals surface area (Å²) in [6.07, 6.45) is 2.94. The average Bonchev–Trinajstić information content (AvgIpc) is 3.62. The van der Waals surface area contributed by atoms with Crippen LogP contribution in [0.25, 0.3) is 0 Å². The molecule has 4 aliphatic rings. The lowest BCUT2D eigenvalue weighted by molar-refractivity contribution is 0.0868. The Labute approximate surface area is 220 Å². The predicted octanol–water partition coefficient (Wildman–Crippen LogP) is 3.40. The number of aryl methyl sites for hydroxylation is 1. The first kappa shape index (κ1) is 24.3. The van der Waals surface area contributed by atoms with Gasteiger partial charge in [-0.15, -0.1) is 0 Å². The Morgan fingerprint density at radius 3 is 2.50 bits per heavy atom. The van der Waals surface area contributed by atoms with E-state index in [1.54, 1.807) is 25.1 Å². The number of anilines is 1. The Kier molecular flexibility index (Phi) is 5.10. The molecule has 0 radical (unpaired) electrons. The molecule has 0 spiro atoms. The third-order valence-corrected chi connectivity index (χ3v) is 8.39. The number of ether oxygens (including phenoxy) is 2. The minimum absolute atomic E-state index is 0.0665. The van der Waals surface area contributed by atoms with E-state index in [1.807, 2.05) is 20.8 Å². The van der Waals surface area contributed by atoms with Crippen molar-refractivity contribution in [3.63, 3.8) is 0 Å². The molecule has 3 N–H and O–H groups in total. The van der Waals surface area contributed by atoms with Gasteiger partial charge in [-0.25, -0.2) is 0 Å². The number of phenolic OH excluding ortho intramolecular Hbond substituents is 1. The molecule has 38 heavy (non-hydrogen) atoms. The number of hydrogen-bond donors (Lipinski definition) is 3. The van der Waals surface area contributed by atoms with Crippen molar-refractivity contribution >= 4 is 17.3 Å². The number of epoxide rings is 1. The zero-order chi connectivity index (χ0) is 27.1. The standard InChI is InChI=1S/C31H27NO6/c1-6-18-15(2)13-19-23(29(18)37-5)28(36)24-21(34)14-20-26(25(24)27(19)35)32-22-12-10-8-7-9-11-16(3)30(20)31(22,38-30)17(4)33/h7-8,13-14,16-17,22,32-34H,6H2,1-5H3/b8-7-/t16-,17+,22-,30+,31-/m0/s1. The lowest BCUT2D eigenvalue weighted by Gasteiger charge is -2.38. The number of fused-ring (bicyclic) bond motifs is 4. The van der Waals surface area contributed by atoms with Gasteiger partial charge in [0.15, 0.2) is 11.4 Å². The largest absolute Gasteiger partial charge is 0.507 e. The van der Waals surface area contributed by atoms with E-state index in [4.69, 9.17) is 9.47 Å². The highest BCUT2D eigenvalue weighted by Crippen LogP contribution is 2.68. The highest BCUT2D eigenvalue weighted by molar-refractivity contribution is 6.32. The van der Waals surface area contributed by atoms with Crippen molar-refractivity contribution in [3.05, 3.63) is 63.2 Å². The highest BCUT2D eigenvalue weighted by atomic mass is 16.6. The van der Waals surface area contributed by atoms with Crippen LogP contribution in [0, 0.1) is 36.5 Å². The first-order chi connectivity index (χ1) is 18.1. The van der Waals surface area contributed by atoms with E-state index < -0.39 is 40.8 Å². The van der Waals surface area contributed by atoms with E-state index in [1.165, 1.54) is 13.2 Å². The van der Waals surface area contributed by atoms with Crippen LogP contribution in [0.4, 0.5) is 5.69 Å². The van der Waals surface area contributed by atoms with Gasteiger partial charge >= 0.3 is 0 Å². The molecule has 2 heterocycles. The second-order valence-electron chi connectivity index (χ2n) is 10.2. The normalized spacial score (nSPS) is 29.0. The fourth-order valence-electron chi connectivity index (χ4n) is 6.69. The van der Waals surface area contributed by atoms with Gasteiger partial charge in [0.1, 0.15) is 23.1 Å². The predicted molar refractivity (Wildman–Crippen MR) is 141 cm³/mol.